The summed E-state index contributed by atoms with van der Waals surface area (Å²) in [4.78, 5) is 27.4. The van der Waals surface area contributed by atoms with Crippen molar-refractivity contribution < 1.29 is 9.59 Å². The van der Waals surface area contributed by atoms with E-state index in [0.29, 0.717) is 19.4 Å². The Bertz CT molecular complexity index is 509. The first kappa shape index (κ1) is 15.5. The molecule has 1 aliphatic heterocycles. The predicted molar refractivity (Wildman–Crippen MR) is 82.6 cm³/mol. The number of hydrogen-bond donors (Lipinski definition) is 1. The molecule has 1 saturated heterocycles. The van der Waals surface area contributed by atoms with E-state index in [4.69, 9.17) is 0 Å². The largest absolute Gasteiger partial charge is 0.338 e. The molecule has 0 saturated carbocycles. The Morgan fingerprint density at radius 3 is 2.24 bits per heavy atom. The van der Waals surface area contributed by atoms with E-state index in [1.165, 1.54) is 0 Å². The smallest absolute Gasteiger partial charge is 0.250 e. The van der Waals surface area contributed by atoms with Gasteiger partial charge in [-0.05, 0) is 24.8 Å². The molecule has 4 heteroatoms. The van der Waals surface area contributed by atoms with Crippen molar-refractivity contribution in [2.75, 3.05) is 6.54 Å². The summed E-state index contributed by atoms with van der Waals surface area (Å²) in [5, 5.41) is 2.93. The highest BCUT2D eigenvalue weighted by Gasteiger charge is 2.50. The lowest BCUT2D eigenvalue weighted by atomic mass is 9.84. The summed E-state index contributed by atoms with van der Waals surface area (Å²) in [6, 6.07) is 8.90. The fraction of sp³-hybridized carbons (Fsp3) is 0.529. The zero-order valence-electron chi connectivity index (χ0n) is 13.1. The molecule has 0 radical (unpaired) electrons. The van der Waals surface area contributed by atoms with Crippen LogP contribution in [0.15, 0.2) is 30.3 Å². The van der Waals surface area contributed by atoms with E-state index < -0.39 is 11.6 Å². The number of amides is 2. The van der Waals surface area contributed by atoms with Crippen molar-refractivity contribution in [2.45, 2.75) is 51.6 Å². The van der Waals surface area contributed by atoms with Crippen molar-refractivity contribution in [3.8, 4) is 0 Å². The lowest BCUT2D eigenvalue weighted by Gasteiger charge is -2.47. The molecule has 0 aromatic heterocycles. The second-order valence-corrected chi connectivity index (χ2v) is 5.55. The van der Waals surface area contributed by atoms with Gasteiger partial charge < -0.3 is 10.2 Å². The fourth-order valence-corrected chi connectivity index (χ4v) is 3.19. The number of carbonyl (C=O) groups is 2. The minimum absolute atomic E-state index is 0.00588. The Balaban J connectivity index is 2.40. The van der Waals surface area contributed by atoms with Gasteiger partial charge in [0.1, 0.15) is 11.6 Å². The zero-order valence-corrected chi connectivity index (χ0v) is 13.1. The first-order valence-electron chi connectivity index (χ1n) is 7.78. The highest BCUT2D eigenvalue weighted by atomic mass is 16.2. The summed E-state index contributed by atoms with van der Waals surface area (Å²) in [5.41, 5.74) is 0.149. The molecule has 1 N–H and O–H groups in total. The van der Waals surface area contributed by atoms with E-state index in [9.17, 15) is 9.59 Å². The summed E-state index contributed by atoms with van der Waals surface area (Å²) in [6.45, 7) is 6.61. The summed E-state index contributed by atoms with van der Waals surface area (Å²) in [5.74, 6) is -0.0271. The Morgan fingerprint density at radius 2 is 1.71 bits per heavy atom. The highest BCUT2D eigenvalue weighted by molar-refractivity contribution is 6.00. The molecular formula is C17H24N2O2. The van der Waals surface area contributed by atoms with Gasteiger partial charge in [0.2, 0.25) is 5.91 Å². The van der Waals surface area contributed by atoms with Gasteiger partial charge in [0.05, 0.1) is 0 Å². The van der Waals surface area contributed by atoms with Crippen LogP contribution < -0.4 is 5.32 Å². The van der Waals surface area contributed by atoms with Crippen LogP contribution in [0.5, 0.6) is 0 Å². The molecule has 2 amide bonds. The van der Waals surface area contributed by atoms with Gasteiger partial charge in [0, 0.05) is 6.54 Å². The van der Waals surface area contributed by atoms with Crippen molar-refractivity contribution in [1.82, 2.24) is 10.2 Å². The van der Waals surface area contributed by atoms with Crippen molar-refractivity contribution in [1.29, 1.82) is 0 Å². The molecule has 2 rings (SSSR count). The quantitative estimate of drug-likeness (QED) is 0.905. The Hall–Kier alpha value is -1.84. The molecule has 21 heavy (non-hydrogen) atoms. The first-order chi connectivity index (χ1) is 10.1. The van der Waals surface area contributed by atoms with Crippen LogP contribution in [-0.2, 0) is 9.59 Å². The fourth-order valence-electron chi connectivity index (χ4n) is 3.19. The number of piperazine rings is 1. The molecule has 1 fully saturated rings. The lowest BCUT2D eigenvalue weighted by molar-refractivity contribution is -0.158. The van der Waals surface area contributed by atoms with Crippen LogP contribution in [0.1, 0.15) is 51.6 Å². The maximum atomic E-state index is 12.9. The molecular weight excluding hydrogens is 264 g/mol. The predicted octanol–water partition coefficient (Wildman–Crippen LogP) is 2.65. The van der Waals surface area contributed by atoms with Crippen LogP contribution in [-0.4, -0.2) is 28.8 Å². The lowest BCUT2D eigenvalue weighted by Crippen LogP contribution is -2.67. The number of hydrogen-bond acceptors (Lipinski definition) is 2. The van der Waals surface area contributed by atoms with Gasteiger partial charge >= 0.3 is 0 Å². The van der Waals surface area contributed by atoms with Crippen molar-refractivity contribution >= 4 is 11.8 Å². The van der Waals surface area contributed by atoms with E-state index in [2.05, 4.69) is 5.32 Å². The molecule has 1 aliphatic rings. The molecule has 0 spiro atoms. The SMILES string of the molecule is CCCN1C(=O)C(c2ccccc2)NC(=O)C1(CC)CC. The molecule has 1 unspecified atom stereocenters. The Labute approximate surface area is 126 Å². The topological polar surface area (TPSA) is 49.4 Å². The number of nitrogens with one attached hydrogen (secondary N) is 1. The monoisotopic (exact) mass is 288 g/mol. The van der Waals surface area contributed by atoms with E-state index in [1.54, 1.807) is 4.90 Å². The molecule has 1 aromatic carbocycles. The van der Waals surface area contributed by atoms with Gasteiger partial charge in [0.25, 0.3) is 5.91 Å². The summed E-state index contributed by atoms with van der Waals surface area (Å²) in [7, 11) is 0. The molecule has 1 aromatic rings. The first-order valence-corrected chi connectivity index (χ1v) is 7.78. The van der Waals surface area contributed by atoms with Gasteiger partial charge in [-0.15, -0.1) is 0 Å². The maximum Gasteiger partial charge on any atom is 0.250 e. The van der Waals surface area contributed by atoms with Crippen LogP contribution in [0.25, 0.3) is 0 Å². The van der Waals surface area contributed by atoms with Crippen molar-refractivity contribution in [3.63, 3.8) is 0 Å². The summed E-state index contributed by atoms with van der Waals surface area (Å²) in [6.07, 6.45) is 2.13. The Morgan fingerprint density at radius 1 is 1.10 bits per heavy atom. The van der Waals surface area contributed by atoms with E-state index in [-0.39, 0.29) is 11.8 Å². The van der Waals surface area contributed by atoms with Crippen LogP contribution in [0, 0.1) is 0 Å². The maximum absolute atomic E-state index is 12.9. The van der Waals surface area contributed by atoms with Gasteiger partial charge in [-0.1, -0.05) is 51.1 Å². The standard InChI is InChI=1S/C17H24N2O2/c1-4-12-19-15(20)14(13-10-8-7-9-11-13)18-16(21)17(19,5-2)6-3/h7-11,14H,4-6,12H2,1-3H3,(H,18,21). The van der Waals surface area contributed by atoms with Gasteiger partial charge in [0.15, 0.2) is 0 Å². The van der Waals surface area contributed by atoms with Crippen LogP contribution in [0.3, 0.4) is 0 Å². The number of carbonyl (C=O) groups excluding carboxylic acids is 2. The average Bonchev–Trinajstić information content (AvgIpc) is 2.52. The third-order valence-corrected chi connectivity index (χ3v) is 4.48. The molecule has 0 bridgehead atoms. The zero-order chi connectivity index (χ0) is 15.5. The highest BCUT2D eigenvalue weighted by Crippen LogP contribution is 2.33. The van der Waals surface area contributed by atoms with Crippen LogP contribution in [0.2, 0.25) is 0 Å². The number of benzene rings is 1. The summed E-state index contributed by atoms with van der Waals surface area (Å²) < 4.78 is 0. The second-order valence-electron chi connectivity index (χ2n) is 5.55. The van der Waals surface area contributed by atoms with Gasteiger partial charge in [-0.25, -0.2) is 0 Å². The number of rotatable bonds is 5. The van der Waals surface area contributed by atoms with E-state index in [1.807, 2.05) is 51.1 Å². The third kappa shape index (κ3) is 2.55. The molecule has 1 atom stereocenters. The van der Waals surface area contributed by atoms with E-state index >= 15 is 0 Å². The van der Waals surface area contributed by atoms with Crippen LogP contribution >= 0.6 is 0 Å². The molecule has 0 aliphatic carbocycles. The van der Waals surface area contributed by atoms with Crippen molar-refractivity contribution in [2.24, 2.45) is 0 Å². The third-order valence-electron chi connectivity index (χ3n) is 4.48. The van der Waals surface area contributed by atoms with Crippen LogP contribution in [0.4, 0.5) is 0 Å². The van der Waals surface area contributed by atoms with Gasteiger partial charge in [-0.3, -0.25) is 9.59 Å². The summed E-state index contributed by atoms with van der Waals surface area (Å²) >= 11 is 0. The molecule has 114 valence electrons. The Kier molecular flexibility index (Phi) is 4.66. The normalized spacial score (nSPS) is 21.3. The minimum atomic E-state index is -0.696. The second kappa shape index (κ2) is 6.29. The minimum Gasteiger partial charge on any atom is -0.338 e. The van der Waals surface area contributed by atoms with Crippen molar-refractivity contribution in [3.05, 3.63) is 35.9 Å². The van der Waals surface area contributed by atoms with E-state index in [0.717, 1.165) is 12.0 Å². The van der Waals surface area contributed by atoms with Gasteiger partial charge in [-0.2, -0.15) is 0 Å². The number of nitrogens with zero attached hydrogens (tertiary/aromatic N) is 1. The molecule has 4 nitrogen and oxygen atoms in total. The molecule has 1 heterocycles. The average molecular weight is 288 g/mol.